The molecule has 3 rings (SSSR count). The molecule has 204 valence electrons. The highest BCUT2D eigenvalue weighted by molar-refractivity contribution is 5.91. The Labute approximate surface area is 216 Å². The van der Waals surface area contributed by atoms with Crippen molar-refractivity contribution in [3.8, 4) is 0 Å². The molecule has 0 aromatic heterocycles. The maximum Gasteiger partial charge on any atom is 0.410 e. The molecule has 3 amide bonds. The molecule has 0 unspecified atom stereocenters. The fourth-order valence-electron chi connectivity index (χ4n) is 4.45. The maximum absolute atomic E-state index is 14.1. The second-order valence-corrected chi connectivity index (χ2v) is 11.4. The summed E-state index contributed by atoms with van der Waals surface area (Å²) in [4.78, 5) is 54.2. The zero-order valence-corrected chi connectivity index (χ0v) is 22.4. The van der Waals surface area contributed by atoms with Crippen molar-refractivity contribution < 1.29 is 37.8 Å². The van der Waals surface area contributed by atoms with E-state index in [-0.39, 0.29) is 31.9 Å². The molecule has 1 fully saturated rings. The number of carbonyl (C=O) groups is 4. The van der Waals surface area contributed by atoms with Crippen LogP contribution in [-0.4, -0.2) is 71.3 Å². The van der Waals surface area contributed by atoms with Crippen LogP contribution in [0.2, 0.25) is 0 Å². The molecule has 37 heavy (non-hydrogen) atoms. The highest BCUT2D eigenvalue weighted by Crippen LogP contribution is 2.30. The summed E-state index contributed by atoms with van der Waals surface area (Å²) in [7, 11) is 1.21. The number of ether oxygens (including phenoxy) is 3. The van der Waals surface area contributed by atoms with Crippen LogP contribution in [0.4, 0.5) is 14.0 Å². The summed E-state index contributed by atoms with van der Waals surface area (Å²) < 4.78 is 29.9. The third kappa shape index (κ3) is 6.69. The van der Waals surface area contributed by atoms with E-state index in [4.69, 9.17) is 14.2 Å². The fraction of sp³-hybridized carbons (Fsp3) is 0.615. The Morgan fingerprint density at radius 3 is 2.32 bits per heavy atom. The first-order valence-electron chi connectivity index (χ1n) is 12.2. The minimum absolute atomic E-state index is 0.0304. The van der Waals surface area contributed by atoms with Crippen molar-refractivity contribution in [2.24, 2.45) is 5.41 Å². The molecule has 0 spiro atoms. The number of nitrogens with one attached hydrogen (secondary N) is 1. The van der Waals surface area contributed by atoms with Gasteiger partial charge in [0, 0.05) is 18.5 Å². The quantitative estimate of drug-likeness (QED) is 0.477. The summed E-state index contributed by atoms with van der Waals surface area (Å²) in [6.07, 6.45) is -2.20. The second-order valence-electron chi connectivity index (χ2n) is 11.4. The van der Waals surface area contributed by atoms with Gasteiger partial charge in [0.2, 0.25) is 5.91 Å². The summed E-state index contributed by atoms with van der Waals surface area (Å²) in [5.74, 6) is -1.57. The highest BCUT2D eigenvalue weighted by Gasteiger charge is 2.47. The van der Waals surface area contributed by atoms with Gasteiger partial charge < -0.3 is 24.4 Å². The molecule has 1 aromatic carbocycles. The van der Waals surface area contributed by atoms with E-state index in [9.17, 15) is 23.6 Å². The number of carbonyl (C=O) groups excluding carboxylic acids is 4. The van der Waals surface area contributed by atoms with Gasteiger partial charge in [-0.2, -0.15) is 0 Å². The van der Waals surface area contributed by atoms with Gasteiger partial charge in [0.1, 0.15) is 29.6 Å². The van der Waals surface area contributed by atoms with Crippen molar-refractivity contribution in [1.82, 2.24) is 15.1 Å². The van der Waals surface area contributed by atoms with Crippen LogP contribution in [0.25, 0.3) is 0 Å². The molecule has 10 nitrogen and oxygen atoms in total. The van der Waals surface area contributed by atoms with E-state index in [1.54, 1.807) is 53.7 Å². The summed E-state index contributed by atoms with van der Waals surface area (Å²) in [5.41, 5.74) is -0.352. The van der Waals surface area contributed by atoms with Gasteiger partial charge in [-0.25, -0.2) is 18.8 Å². The first-order valence-corrected chi connectivity index (χ1v) is 12.2. The smallest absolute Gasteiger partial charge is 0.410 e. The molecule has 0 bridgehead atoms. The SMILES string of the molecule is COC(=O)[C@@H]1C[C@@H](OC(=O)N2Cc3cccc(F)c3C2)CN1C(=O)[C@@H](NC(=O)OC(C)(C)C)C(C)(C)C. The number of hydrogen-bond donors (Lipinski definition) is 1. The Hall–Kier alpha value is -3.37. The molecule has 2 aliphatic rings. The van der Waals surface area contributed by atoms with E-state index in [1.165, 1.54) is 23.0 Å². The Morgan fingerprint density at radius 2 is 1.76 bits per heavy atom. The van der Waals surface area contributed by atoms with Crippen LogP contribution >= 0.6 is 0 Å². The molecular weight excluding hydrogens is 485 g/mol. The molecule has 3 atom stereocenters. The van der Waals surface area contributed by atoms with Crippen molar-refractivity contribution in [3.05, 3.63) is 35.1 Å². The van der Waals surface area contributed by atoms with Crippen LogP contribution in [0.1, 0.15) is 59.1 Å². The van der Waals surface area contributed by atoms with Crippen LogP contribution in [0.3, 0.4) is 0 Å². The predicted molar refractivity (Wildman–Crippen MR) is 131 cm³/mol. The lowest BCUT2D eigenvalue weighted by Gasteiger charge is -2.35. The molecule has 0 radical (unpaired) electrons. The number of hydrogen-bond acceptors (Lipinski definition) is 7. The molecule has 2 aliphatic heterocycles. The standard InChI is InChI=1S/C26H36FN3O7/c1-25(2,3)20(28-23(33)37-26(4,5)6)21(31)30-13-16(11-19(30)22(32)35-7)36-24(34)29-12-15-9-8-10-18(27)17(15)14-29/h8-10,16,19-20H,11-14H2,1-7H3,(H,28,33)/t16-,19+,20-/m1/s1. The van der Waals surface area contributed by atoms with Gasteiger partial charge in [-0.15, -0.1) is 0 Å². The molecule has 0 saturated carbocycles. The van der Waals surface area contributed by atoms with E-state index in [0.717, 1.165) is 0 Å². The maximum atomic E-state index is 14.1. The van der Waals surface area contributed by atoms with Crippen molar-refractivity contribution in [2.45, 2.75) is 84.8 Å². The molecule has 2 heterocycles. The Bertz CT molecular complexity index is 1060. The number of fused-ring (bicyclic) bond motifs is 1. The van der Waals surface area contributed by atoms with Gasteiger partial charge in [0.15, 0.2) is 0 Å². The van der Waals surface area contributed by atoms with Crippen LogP contribution in [-0.2, 0) is 36.9 Å². The molecule has 1 aromatic rings. The topological polar surface area (TPSA) is 114 Å². The van der Waals surface area contributed by atoms with Crippen LogP contribution in [0.15, 0.2) is 18.2 Å². The lowest BCUT2D eigenvalue weighted by molar-refractivity contribution is -0.152. The minimum atomic E-state index is -1.03. The molecule has 1 saturated heterocycles. The van der Waals surface area contributed by atoms with Gasteiger partial charge in [-0.1, -0.05) is 32.9 Å². The highest BCUT2D eigenvalue weighted by atomic mass is 19.1. The van der Waals surface area contributed by atoms with Crippen molar-refractivity contribution in [1.29, 1.82) is 0 Å². The lowest BCUT2D eigenvalue weighted by Crippen LogP contribution is -2.57. The number of amides is 3. The van der Waals surface area contributed by atoms with Crippen LogP contribution in [0, 0.1) is 11.2 Å². The monoisotopic (exact) mass is 521 g/mol. The molecule has 11 heteroatoms. The number of rotatable bonds is 4. The average molecular weight is 522 g/mol. The van der Waals surface area contributed by atoms with Crippen LogP contribution < -0.4 is 5.32 Å². The summed E-state index contributed by atoms with van der Waals surface area (Å²) in [6, 6.07) is 2.64. The van der Waals surface area contributed by atoms with Crippen molar-refractivity contribution in [2.75, 3.05) is 13.7 Å². The summed E-state index contributed by atoms with van der Waals surface area (Å²) in [6.45, 7) is 10.7. The first kappa shape index (κ1) is 28.2. The average Bonchev–Trinajstić information content (AvgIpc) is 3.40. The van der Waals surface area contributed by atoms with Gasteiger partial charge in [0.25, 0.3) is 0 Å². The number of nitrogens with zero attached hydrogens (tertiary/aromatic N) is 2. The summed E-state index contributed by atoms with van der Waals surface area (Å²) >= 11 is 0. The molecule has 0 aliphatic carbocycles. The Balaban J connectivity index is 1.74. The van der Waals surface area contributed by atoms with Crippen molar-refractivity contribution >= 4 is 24.1 Å². The Morgan fingerprint density at radius 1 is 1.08 bits per heavy atom. The number of halogens is 1. The number of methoxy groups -OCH3 is 1. The van der Waals surface area contributed by atoms with Gasteiger partial charge in [-0.05, 0) is 37.8 Å². The van der Waals surface area contributed by atoms with Gasteiger partial charge in [0.05, 0.1) is 20.2 Å². The normalized spacial score (nSPS) is 20.2. The van der Waals surface area contributed by atoms with Gasteiger partial charge in [-0.3, -0.25) is 9.69 Å². The molecule has 1 N–H and O–H groups in total. The fourth-order valence-corrected chi connectivity index (χ4v) is 4.45. The number of likely N-dealkylation sites (tertiary alicyclic amines) is 1. The number of alkyl carbamates (subject to hydrolysis) is 1. The van der Waals surface area contributed by atoms with Crippen LogP contribution in [0.5, 0.6) is 0 Å². The second kappa shape index (κ2) is 10.5. The van der Waals surface area contributed by atoms with Gasteiger partial charge >= 0.3 is 18.2 Å². The Kier molecular flexibility index (Phi) is 8.04. The van der Waals surface area contributed by atoms with E-state index in [2.05, 4.69) is 5.32 Å². The van der Waals surface area contributed by atoms with E-state index >= 15 is 0 Å². The number of benzene rings is 1. The predicted octanol–water partition coefficient (Wildman–Crippen LogP) is 3.36. The third-order valence-corrected chi connectivity index (χ3v) is 6.24. The minimum Gasteiger partial charge on any atom is -0.467 e. The third-order valence-electron chi connectivity index (χ3n) is 6.24. The van der Waals surface area contributed by atoms with E-state index in [0.29, 0.717) is 11.1 Å². The van der Waals surface area contributed by atoms with Crippen molar-refractivity contribution in [3.63, 3.8) is 0 Å². The largest absolute Gasteiger partial charge is 0.467 e. The summed E-state index contributed by atoms with van der Waals surface area (Å²) in [5, 5.41) is 2.63. The van der Waals surface area contributed by atoms with E-state index in [1.807, 2.05) is 0 Å². The number of esters is 1. The zero-order valence-electron chi connectivity index (χ0n) is 22.4. The van der Waals surface area contributed by atoms with E-state index < -0.39 is 53.3 Å². The zero-order chi connectivity index (χ0) is 27.7. The molecular formula is C26H36FN3O7. The lowest BCUT2D eigenvalue weighted by atomic mass is 9.85. The first-order chi connectivity index (χ1) is 17.1.